The summed E-state index contributed by atoms with van der Waals surface area (Å²) in [6, 6.07) is 4.65. The Morgan fingerprint density at radius 2 is 2.12 bits per heavy atom. The minimum absolute atomic E-state index is 0.0717. The first kappa shape index (κ1) is 10.4. The van der Waals surface area contributed by atoms with Crippen LogP contribution in [0.3, 0.4) is 0 Å². The highest BCUT2D eigenvalue weighted by atomic mass is 19.2. The first-order valence-corrected chi connectivity index (χ1v) is 4.57. The van der Waals surface area contributed by atoms with Crippen LogP contribution < -0.4 is 5.43 Å². The molecule has 0 aliphatic heterocycles. The Morgan fingerprint density at radius 3 is 2.75 bits per heavy atom. The van der Waals surface area contributed by atoms with Gasteiger partial charge in [0.15, 0.2) is 0 Å². The van der Waals surface area contributed by atoms with Gasteiger partial charge >= 0.3 is 5.97 Å². The summed E-state index contributed by atoms with van der Waals surface area (Å²) < 4.78 is 13.6. The summed E-state index contributed by atoms with van der Waals surface area (Å²) in [6.45, 7) is 1.65. The number of benzene rings is 1. The number of rotatable bonds is 1. The van der Waals surface area contributed by atoms with E-state index >= 15 is 0 Å². The van der Waals surface area contributed by atoms with E-state index in [1.807, 2.05) is 0 Å². The SMILES string of the molecule is Cc1cccc2c(=O)c(C(=O)O)cn(F)c12. The van der Waals surface area contributed by atoms with Crippen molar-refractivity contribution in [2.24, 2.45) is 0 Å². The molecule has 0 amide bonds. The molecule has 5 heteroatoms. The highest BCUT2D eigenvalue weighted by Crippen LogP contribution is 2.16. The summed E-state index contributed by atoms with van der Waals surface area (Å²) in [5.41, 5.74) is -0.549. The molecule has 0 aliphatic carbocycles. The van der Waals surface area contributed by atoms with E-state index in [1.54, 1.807) is 19.1 Å². The first-order valence-electron chi connectivity index (χ1n) is 4.57. The fraction of sp³-hybridized carbons (Fsp3) is 0.0909. The topological polar surface area (TPSA) is 59.3 Å². The molecule has 4 nitrogen and oxygen atoms in total. The van der Waals surface area contributed by atoms with Gasteiger partial charge in [-0.25, -0.2) is 4.79 Å². The molecule has 1 heterocycles. The van der Waals surface area contributed by atoms with E-state index in [2.05, 4.69) is 0 Å². The van der Waals surface area contributed by atoms with Gasteiger partial charge in [-0.1, -0.05) is 16.6 Å². The zero-order valence-electron chi connectivity index (χ0n) is 8.40. The molecule has 0 fully saturated rings. The van der Waals surface area contributed by atoms with Gasteiger partial charge in [-0.3, -0.25) is 4.79 Å². The number of carboxylic acids is 1. The number of aromatic nitrogens is 1. The summed E-state index contributed by atoms with van der Waals surface area (Å²) in [5, 5.41) is 8.81. The fourth-order valence-electron chi connectivity index (χ4n) is 1.66. The fourth-order valence-corrected chi connectivity index (χ4v) is 1.66. The number of fused-ring (bicyclic) bond motifs is 1. The van der Waals surface area contributed by atoms with Gasteiger partial charge < -0.3 is 5.11 Å². The predicted octanol–water partition coefficient (Wildman–Crippen LogP) is 1.74. The molecule has 2 aromatic rings. The lowest BCUT2D eigenvalue weighted by molar-refractivity contribution is 0.0693. The number of carbonyl (C=O) groups is 1. The molecule has 0 atom stereocenters. The van der Waals surface area contributed by atoms with Crippen molar-refractivity contribution in [2.75, 3.05) is 0 Å². The average molecular weight is 221 g/mol. The van der Waals surface area contributed by atoms with E-state index < -0.39 is 17.0 Å². The van der Waals surface area contributed by atoms with Crippen LogP contribution in [0.4, 0.5) is 4.48 Å². The van der Waals surface area contributed by atoms with Crippen LogP contribution in [-0.4, -0.2) is 15.9 Å². The number of para-hydroxylation sites is 1. The standard InChI is InChI=1S/C11H8FNO3/c1-6-3-2-4-7-9(6)13(12)5-8(10(7)14)11(15)16/h2-5H,1H3,(H,15,16). The van der Waals surface area contributed by atoms with Crippen LogP contribution in [0.5, 0.6) is 0 Å². The molecular formula is C11H8FNO3. The van der Waals surface area contributed by atoms with Crippen LogP contribution in [0.25, 0.3) is 10.9 Å². The number of halogens is 1. The van der Waals surface area contributed by atoms with Gasteiger partial charge in [0.1, 0.15) is 5.56 Å². The highest BCUT2D eigenvalue weighted by molar-refractivity contribution is 5.93. The van der Waals surface area contributed by atoms with Gasteiger partial charge in [0.05, 0.1) is 11.7 Å². The van der Waals surface area contributed by atoms with Gasteiger partial charge in [-0.05, 0) is 18.6 Å². The van der Waals surface area contributed by atoms with Crippen molar-refractivity contribution in [3.8, 4) is 0 Å². The van der Waals surface area contributed by atoms with Crippen LogP contribution in [-0.2, 0) is 0 Å². The molecule has 0 saturated heterocycles. The van der Waals surface area contributed by atoms with Crippen LogP contribution >= 0.6 is 0 Å². The van der Waals surface area contributed by atoms with Crippen molar-refractivity contribution < 1.29 is 14.4 Å². The lowest BCUT2D eigenvalue weighted by Gasteiger charge is -2.05. The molecule has 2 rings (SSSR count). The lowest BCUT2D eigenvalue weighted by Crippen LogP contribution is -2.17. The molecule has 0 unspecified atom stereocenters. The molecule has 1 N–H and O–H groups in total. The maximum absolute atomic E-state index is 13.6. The third kappa shape index (κ3) is 1.37. The second-order valence-electron chi connectivity index (χ2n) is 3.46. The zero-order chi connectivity index (χ0) is 11.9. The smallest absolute Gasteiger partial charge is 0.341 e. The van der Waals surface area contributed by atoms with Crippen molar-refractivity contribution >= 4 is 16.9 Å². The van der Waals surface area contributed by atoms with Gasteiger partial charge in [0.25, 0.3) is 0 Å². The van der Waals surface area contributed by atoms with Crippen molar-refractivity contribution in [1.82, 2.24) is 4.79 Å². The van der Waals surface area contributed by atoms with Crippen LogP contribution in [0.1, 0.15) is 15.9 Å². The number of nitrogens with zero attached hydrogens (tertiary/aromatic N) is 1. The Labute approximate surface area is 89.5 Å². The largest absolute Gasteiger partial charge is 0.477 e. The third-order valence-electron chi connectivity index (χ3n) is 2.41. The predicted molar refractivity (Wildman–Crippen MR) is 56.4 cm³/mol. The number of aromatic carboxylic acids is 1. The van der Waals surface area contributed by atoms with Gasteiger partial charge in [-0.2, -0.15) is 4.79 Å². The number of aryl methyl sites for hydroxylation is 1. The van der Waals surface area contributed by atoms with Gasteiger partial charge in [-0.15, -0.1) is 0 Å². The number of hydrogen-bond donors (Lipinski definition) is 1. The molecule has 0 saturated carbocycles. The lowest BCUT2D eigenvalue weighted by atomic mass is 10.1. The normalized spacial score (nSPS) is 10.6. The third-order valence-corrected chi connectivity index (χ3v) is 2.41. The van der Waals surface area contributed by atoms with Crippen molar-refractivity contribution in [1.29, 1.82) is 0 Å². The second kappa shape index (κ2) is 3.44. The first-order chi connectivity index (χ1) is 7.52. The molecule has 1 aromatic heterocycles. The molecule has 0 aliphatic rings. The van der Waals surface area contributed by atoms with Crippen LogP contribution in [0, 0.1) is 6.92 Å². The monoisotopic (exact) mass is 221 g/mol. The average Bonchev–Trinajstić information content (AvgIpc) is 2.22. The Morgan fingerprint density at radius 1 is 1.44 bits per heavy atom. The summed E-state index contributed by atoms with van der Waals surface area (Å²) in [4.78, 5) is 22.6. The van der Waals surface area contributed by atoms with Gasteiger partial charge in [0.2, 0.25) is 5.43 Å². The Kier molecular flexibility index (Phi) is 2.23. The Bertz CT molecular complexity index is 645. The summed E-state index contributed by atoms with van der Waals surface area (Å²) in [6.07, 6.45) is 0.694. The van der Waals surface area contributed by atoms with E-state index in [-0.39, 0.29) is 15.7 Å². The second-order valence-corrected chi connectivity index (χ2v) is 3.46. The summed E-state index contributed by atoms with van der Waals surface area (Å²) in [5.74, 6) is -1.43. The minimum Gasteiger partial charge on any atom is -0.477 e. The Hall–Kier alpha value is -2.17. The number of pyridine rings is 1. The maximum Gasteiger partial charge on any atom is 0.341 e. The molecule has 0 radical (unpaired) electrons. The van der Waals surface area contributed by atoms with E-state index in [0.29, 0.717) is 11.8 Å². The maximum atomic E-state index is 13.6. The van der Waals surface area contributed by atoms with Crippen molar-refractivity contribution in [3.05, 3.63) is 45.7 Å². The molecule has 0 bridgehead atoms. The highest BCUT2D eigenvalue weighted by Gasteiger charge is 2.15. The quantitative estimate of drug-likeness (QED) is 0.797. The van der Waals surface area contributed by atoms with E-state index in [1.165, 1.54) is 6.07 Å². The van der Waals surface area contributed by atoms with Crippen molar-refractivity contribution in [3.63, 3.8) is 0 Å². The van der Waals surface area contributed by atoms with E-state index in [0.717, 1.165) is 0 Å². The summed E-state index contributed by atoms with van der Waals surface area (Å²) >= 11 is 0. The molecule has 16 heavy (non-hydrogen) atoms. The van der Waals surface area contributed by atoms with E-state index in [9.17, 15) is 14.1 Å². The minimum atomic E-state index is -1.43. The van der Waals surface area contributed by atoms with Crippen LogP contribution in [0.15, 0.2) is 29.2 Å². The van der Waals surface area contributed by atoms with Crippen LogP contribution in [0.2, 0.25) is 0 Å². The van der Waals surface area contributed by atoms with E-state index in [4.69, 9.17) is 5.11 Å². The molecule has 82 valence electrons. The van der Waals surface area contributed by atoms with Gasteiger partial charge in [0, 0.05) is 5.39 Å². The molecule has 1 aromatic carbocycles. The van der Waals surface area contributed by atoms with Crippen molar-refractivity contribution in [2.45, 2.75) is 6.92 Å². The molecule has 0 spiro atoms. The number of hydrogen-bond acceptors (Lipinski definition) is 2. The number of carboxylic acid groups (broad SMARTS) is 1. The Balaban J connectivity index is 3.02. The summed E-state index contributed by atoms with van der Waals surface area (Å²) in [7, 11) is 0. The molecular weight excluding hydrogens is 213 g/mol. The zero-order valence-corrected chi connectivity index (χ0v) is 8.40.